The first kappa shape index (κ1) is 21.4. The van der Waals surface area contributed by atoms with Crippen LogP contribution in [0.2, 0.25) is 0 Å². The summed E-state index contributed by atoms with van der Waals surface area (Å²) in [6.07, 6.45) is 3.15. The molecule has 2 heterocycles. The van der Waals surface area contributed by atoms with Gasteiger partial charge in [0.15, 0.2) is 9.84 Å². The number of rotatable bonds is 3. The van der Waals surface area contributed by atoms with Gasteiger partial charge in [-0.3, -0.25) is 10.2 Å². The largest absolute Gasteiger partial charge is 0.362 e. The number of hydrogen-bond acceptors (Lipinski definition) is 5. The molecule has 0 unspecified atom stereocenters. The number of carbonyl (C=O) groups excluding carboxylic acids is 1. The number of aromatic nitrogens is 1. The fourth-order valence-corrected chi connectivity index (χ4v) is 7.02. The van der Waals surface area contributed by atoms with Crippen LogP contribution in [0.5, 0.6) is 0 Å². The van der Waals surface area contributed by atoms with Gasteiger partial charge in [0.1, 0.15) is 27.9 Å². The molecule has 3 N–H and O–H groups in total. The summed E-state index contributed by atoms with van der Waals surface area (Å²) >= 11 is 0. The highest BCUT2D eigenvalue weighted by molar-refractivity contribution is 7.93. The zero-order valence-corrected chi connectivity index (χ0v) is 17.7. The molecule has 1 atom stereocenters. The number of sulfone groups is 1. The van der Waals surface area contributed by atoms with E-state index in [0.717, 1.165) is 31.2 Å². The SMILES string of the molecule is C[C@@]1(c2cc(NC(=O)c3ccc(F)cn3)ccc2F)CS(=O)(=O)C2(CCCC2)C(=N)N1. The van der Waals surface area contributed by atoms with Crippen LogP contribution in [0.4, 0.5) is 14.5 Å². The maximum absolute atomic E-state index is 14.8. The average Bonchev–Trinajstić information content (AvgIpc) is 3.20. The van der Waals surface area contributed by atoms with Crippen LogP contribution in [0.3, 0.4) is 0 Å². The monoisotopic (exact) mass is 448 g/mol. The fraction of sp³-hybridized carbons (Fsp3) is 0.381. The topological polar surface area (TPSA) is 112 Å². The molecule has 1 aromatic carbocycles. The van der Waals surface area contributed by atoms with Crippen LogP contribution < -0.4 is 10.6 Å². The van der Waals surface area contributed by atoms with Crippen molar-refractivity contribution in [3.63, 3.8) is 0 Å². The first-order chi connectivity index (χ1) is 14.6. The van der Waals surface area contributed by atoms with E-state index in [9.17, 15) is 22.0 Å². The van der Waals surface area contributed by atoms with E-state index >= 15 is 0 Å². The molecule has 1 amide bonds. The summed E-state index contributed by atoms with van der Waals surface area (Å²) in [5.41, 5.74) is -1.15. The van der Waals surface area contributed by atoms with E-state index < -0.39 is 37.7 Å². The number of amidine groups is 1. The molecule has 164 valence electrons. The molecule has 31 heavy (non-hydrogen) atoms. The molecule has 2 fully saturated rings. The van der Waals surface area contributed by atoms with Crippen molar-refractivity contribution < 1.29 is 22.0 Å². The van der Waals surface area contributed by atoms with Crippen LogP contribution in [-0.2, 0) is 15.4 Å². The number of nitrogens with zero attached hydrogens (tertiary/aromatic N) is 1. The summed E-state index contributed by atoms with van der Waals surface area (Å²) in [6.45, 7) is 1.53. The molecule has 1 aliphatic heterocycles. The van der Waals surface area contributed by atoms with Gasteiger partial charge in [-0.05, 0) is 50.1 Å². The Labute approximate surface area is 178 Å². The number of anilines is 1. The maximum Gasteiger partial charge on any atom is 0.274 e. The number of pyridine rings is 1. The van der Waals surface area contributed by atoms with Gasteiger partial charge in [-0.1, -0.05) is 12.8 Å². The molecule has 4 rings (SSSR count). The Morgan fingerprint density at radius 2 is 1.90 bits per heavy atom. The van der Waals surface area contributed by atoms with Gasteiger partial charge in [-0.2, -0.15) is 0 Å². The van der Waals surface area contributed by atoms with E-state index in [2.05, 4.69) is 15.6 Å². The second kappa shape index (κ2) is 7.37. The van der Waals surface area contributed by atoms with Crippen molar-refractivity contribution in [1.29, 1.82) is 5.41 Å². The van der Waals surface area contributed by atoms with Crippen molar-refractivity contribution in [2.45, 2.75) is 42.9 Å². The smallest absolute Gasteiger partial charge is 0.274 e. The van der Waals surface area contributed by atoms with Crippen molar-refractivity contribution in [3.8, 4) is 0 Å². The molecule has 7 nitrogen and oxygen atoms in total. The Bertz CT molecular complexity index is 1160. The van der Waals surface area contributed by atoms with Crippen LogP contribution in [-0.4, -0.2) is 35.6 Å². The van der Waals surface area contributed by atoms with Gasteiger partial charge in [0.05, 0.1) is 17.5 Å². The fourth-order valence-electron chi connectivity index (χ4n) is 4.48. The molecule has 2 aromatic rings. The van der Waals surface area contributed by atoms with Gasteiger partial charge >= 0.3 is 0 Å². The van der Waals surface area contributed by atoms with Crippen molar-refractivity contribution in [1.82, 2.24) is 10.3 Å². The number of hydrogen-bond donors (Lipinski definition) is 3. The molecule has 2 aliphatic rings. The molecule has 1 aliphatic carbocycles. The highest BCUT2D eigenvalue weighted by Gasteiger charge is 2.57. The quantitative estimate of drug-likeness (QED) is 0.668. The third-order valence-corrected chi connectivity index (χ3v) is 8.88. The molecule has 0 radical (unpaired) electrons. The van der Waals surface area contributed by atoms with E-state index in [4.69, 9.17) is 5.41 Å². The molecular weight excluding hydrogens is 426 g/mol. The zero-order chi connectivity index (χ0) is 22.4. The number of nitrogens with one attached hydrogen (secondary N) is 3. The summed E-state index contributed by atoms with van der Waals surface area (Å²) in [5.74, 6) is -2.33. The predicted molar refractivity (Wildman–Crippen MR) is 112 cm³/mol. The van der Waals surface area contributed by atoms with E-state index in [0.29, 0.717) is 12.8 Å². The molecular formula is C21H22F2N4O3S. The van der Waals surface area contributed by atoms with E-state index in [1.807, 2.05) is 0 Å². The van der Waals surface area contributed by atoms with Crippen LogP contribution in [0.1, 0.15) is 48.7 Å². The number of carbonyl (C=O) groups is 1. The van der Waals surface area contributed by atoms with E-state index in [-0.39, 0.29) is 28.5 Å². The third kappa shape index (κ3) is 3.58. The molecule has 1 aromatic heterocycles. The molecule has 1 saturated carbocycles. The van der Waals surface area contributed by atoms with Crippen LogP contribution in [0.15, 0.2) is 36.5 Å². The first-order valence-electron chi connectivity index (χ1n) is 9.89. The Kier molecular flexibility index (Phi) is 5.07. The standard InChI is InChI=1S/C21H22F2N4O3S/c1-20(12-31(29,30)21(19(24)27-20)8-2-3-9-21)15-10-14(5-6-16(15)23)26-18(28)17-7-4-13(22)11-25-17/h4-7,10-11H,2-3,8-9,12H2,1H3,(H2,24,27)(H,26,28)/t20-/m0/s1. The Morgan fingerprint density at radius 3 is 2.52 bits per heavy atom. The lowest BCUT2D eigenvalue weighted by Gasteiger charge is -2.44. The second-order valence-corrected chi connectivity index (χ2v) is 10.6. The molecule has 1 spiro atoms. The van der Waals surface area contributed by atoms with Gasteiger partial charge in [0.25, 0.3) is 5.91 Å². The highest BCUT2D eigenvalue weighted by Crippen LogP contribution is 2.44. The Hall–Kier alpha value is -2.88. The van der Waals surface area contributed by atoms with Crippen LogP contribution >= 0.6 is 0 Å². The molecule has 0 bridgehead atoms. The number of halogens is 2. The maximum atomic E-state index is 14.8. The van der Waals surface area contributed by atoms with Gasteiger partial charge in [-0.25, -0.2) is 22.2 Å². The van der Waals surface area contributed by atoms with Gasteiger partial charge in [0.2, 0.25) is 0 Å². The summed E-state index contributed by atoms with van der Waals surface area (Å²) in [5, 5.41) is 14.0. The minimum atomic E-state index is -3.71. The van der Waals surface area contributed by atoms with Gasteiger partial charge in [-0.15, -0.1) is 0 Å². The average molecular weight is 448 g/mol. The molecule has 10 heteroatoms. The lowest BCUT2D eigenvalue weighted by atomic mass is 9.90. The predicted octanol–water partition coefficient (Wildman–Crippen LogP) is 3.14. The third-order valence-electron chi connectivity index (χ3n) is 6.12. The van der Waals surface area contributed by atoms with Crippen LogP contribution in [0, 0.1) is 17.0 Å². The van der Waals surface area contributed by atoms with Crippen molar-refractivity contribution in [2.24, 2.45) is 0 Å². The minimum Gasteiger partial charge on any atom is -0.362 e. The Balaban J connectivity index is 1.64. The minimum absolute atomic E-state index is 0.0261. The summed E-state index contributed by atoms with van der Waals surface area (Å²) in [6, 6.07) is 6.13. The summed E-state index contributed by atoms with van der Waals surface area (Å²) in [4.78, 5) is 16.1. The Morgan fingerprint density at radius 1 is 1.19 bits per heavy atom. The van der Waals surface area contributed by atoms with Crippen molar-refractivity contribution in [2.75, 3.05) is 11.1 Å². The normalized spacial score (nSPS) is 24.0. The van der Waals surface area contributed by atoms with Gasteiger partial charge < -0.3 is 10.6 Å². The second-order valence-electron chi connectivity index (χ2n) is 8.30. The highest BCUT2D eigenvalue weighted by atomic mass is 32.2. The van der Waals surface area contributed by atoms with E-state index in [1.54, 1.807) is 0 Å². The summed E-state index contributed by atoms with van der Waals surface area (Å²) < 4.78 is 52.9. The lowest BCUT2D eigenvalue weighted by Crippen LogP contribution is -2.65. The van der Waals surface area contributed by atoms with Crippen molar-refractivity contribution in [3.05, 3.63) is 59.4 Å². The van der Waals surface area contributed by atoms with Gasteiger partial charge in [0, 0.05) is 11.3 Å². The van der Waals surface area contributed by atoms with E-state index in [1.165, 1.54) is 25.1 Å². The molecule has 1 saturated heterocycles. The lowest BCUT2D eigenvalue weighted by molar-refractivity contribution is 0.102. The van der Waals surface area contributed by atoms with Crippen LogP contribution in [0.25, 0.3) is 0 Å². The zero-order valence-electron chi connectivity index (χ0n) is 16.8. The summed E-state index contributed by atoms with van der Waals surface area (Å²) in [7, 11) is -3.71. The number of amides is 1. The number of benzene rings is 1. The first-order valence-corrected chi connectivity index (χ1v) is 11.5. The van der Waals surface area contributed by atoms with Crippen molar-refractivity contribution >= 4 is 27.3 Å².